The Morgan fingerprint density at radius 1 is 1.31 bits per heavy atom. The van der Waals surface area contributed by atoms with Crippen molar-refractivity contribution in [2.24, 2.45) is 5.73 Å². The molecule has 0 radical (unpaired) electrons. The summed E-state index contributed by atoms with van der Waals surface area (Å²) >= 11 is 1.39. The Labute approximate surface area is 167 Å². The second-order valence-electron chi connectivity index (χ2n) is 5.11. The van der Waals surface area contributed by atoms with Crippen LogP contribution in [0.2, 0.25) is 0 Å². The van der Waals surface area contributed by atoms with Crippen molar-refractivity contribution in [2.75, 3.05) is 19.7 Å². The number of alkyl halides is 2. The second kappa shape index (κ2) is 11.3. The lowest BCUT2D eigenvalue weighted by atomic mass is 10.2. The Morgan fingerprint density at radius 3 is 2.54 bits per heavy atom. The molecule has 0 unspecified atom stereocenters. The van der Waals surface area contributed by atoms with Gasteiger partial charge in [-0.1, -0.05) is 0 Å². The first-order valence-electron chi connectivity index (χ1n) is 7.46. The van der Waals surface area contributed by atoms with E-state index < -0.39 is 24.9 Å². The highest BCUT2D eigenvalue weighted by atomic mass is 35.5. The van der Waals surface area contributed by atoms with Crippen LogP contribution < -0.4 is 15.8 Å². The smallest absolute Gasteiger partial charge is 0.277 e. The van der Waals surface area contributed by atoms with Crippen molar-refractivity contribution < 1.29 is 18.3 Å². The van der Waals surface area contributed by atoms with Gasteiger partial charge in [0.1, 0.15) is 10.8 Å². The molecule has 0 saturated heterocycles. The van der Waals surface area contributed by atoms with Crippen LogP contribution in [-0.2, 0) is 11.2 Å². The van der Waals surface area contributed by atoms with Gasteiger partial charge in [-0.3, -0.25) is 4.79 Å². The number of benzene rings is 1. The number of nitrogens with one attached hydrogen (secondary N) is 1. The van der Waals surface area contributed by atoms with Gasteiger partial charge in [-0.2, -0.15) is 0 Å². The molecule has 0 aliphatic carbocycles. The van der Waals surface area contributed by atoms with Crippen molar-refractivity contribution in [3.63, 3.8) is 0 Å². The van der Waals surface area contributed by atoms with E-state index in [1.807, 2.05) is 31.2 Å². The Morgan fingerprint density at radius 2 is 1.96 bits per heavy atom. The van der Waals surface area contributed by atoms with E-state index >= 15 is 0 Å². The zero-order valence-corrected chi connectivity index (χ0v) is 16.5. The molecule has 1 aromatic heterocycles. The predicted molar refractivity (Wildman–Crippen MR) is 104 cm³/mol. The highest BCUT2D eigenvalue weighted by Gasteiger charge is 2.27. The van der Waals surface area contributed by atoms with Crippen LogP contribution in [0, 0.1) is 0 Å². The number of hydrogen-bond donors (Lipinski definition) is 2. The number of hydrogen-bond acceptors (Lipinski definition) is 5. The Bertz CT molecular complexity index is 684. The van der Waals surface area contributed by atoms with Crippen LogP contribution in [0.1, 0.15) is 12.6 Å². The Balaban J connectivity index is 0.00000312. The minimum Gasteiger partial charge on any atom is -0.494 e. The summed E-state index contributed by atoms with van der Waals surface area (Å²) in [5.41, 5.74) is 6.37. The lowest BCUT2D eigenvalue weighted by molar-refractivity contribution is -0.122. The van der Waals surface area contributed by atoms with Gasteiger partial charge in [0.2, 0.25) is 5.91 Å². The number of nitrogens with zero attached hydrogens (tertiary/aromatic N) is 1. The molecule has 0 fully saturated rings. The molecule has 1 aromatic carbocycles. The maximum absolute atomic E-state index is 13.0. The highest BCUT2D eigenvalue weighted by Crippen LogP contribution is 2.26. The minimum absolute atomic E-state index is 0. The van der Waals surface area contributed by atoms with E-state index in [-0.39, 0.29) is 31.2 Å². The first-order valence-corrected chi connectivity index (χ1v) is 8.33. The van der Waals surface area contributed by atoms with Crippen LogP contribution in [0.15, 0.2) is 29.6 Å². The summed E-state index contributed by atoms with van der Waals surface area (Å²) in [6, 6.07) is 7.47. The van der Waals surface area contributed by atoms with Crippen LogP contribution in [0.4, 0.5) is 8.78 Å². The number of ether oxygens (including phenoxy) is 1. The molecule has 0 saturated carbocycles. The van der Waals surface area contributed by atoms with Gasteiger partial charge in [0, 0.05) is 10.9 Å². The molecular formula is C16H21Cl2F2N3O2S. The molecule has 3 N–H and O–H groups in total. The number of amides is 1. The predicted octanol–water partition coefficient (Wildman–Crippen LogP) is 3.31. The molecule has 146 valence electrons. The molecule has 0 bridgehead atoms. The largest absolute Gasteiger partial charge is 0.494 e. The van der Waals surface area contributed by atoms with Crippen molar-refractivity contribution in [3.05, 3.63) is 35.3 Å². The monoisotopic (exact) mass is 427 g/mol. The van der Waals surface area contributed by atoms with Crippen LogP contribution in [-0.4, -0.2) is 36.5 Å². The number of nitrogens with two attached hydrogens (primary N) is 1. The van der Waals surface area contributed by atoms with E-state index in [2.05, 4.69) is 10.3 Å². The zero-order chi connectivity index (χ0) is 17.6. The van der Waals surface area contributed by atoms with Gasteiger partial charge in [0.15, 0.2) is 0 Å². The number of thiazole rings is 1. The van der Waals surface area contributed by atoms with Crippen molar-refractivity contribution in [1.82, 2.24) is 10.3 Å². The number of carbonyl (C=O) groups is 1. The summed E-state index contributed by atoms with van der Waals surface area (Å²) in [6.07, 6.45) is -0.0474. The highest BCUT2D eigenvalue weighted by molar-refractivity contribution is 7.13. The fraction of sp³-hybridized carbons (Fsp3) is 0.375. The third-order valence-corrected chi connectivity index (χ3v) is 4.09. The van der Waals surface area contributed by atoms with Crippen molar-refractivity contribution >= 4 is 42.1 Å². The molecule has 2 aromatic rings. The summed E-state index contributed by atoms with van der Waals surface area (Å²) in [4.78, 5) is 16.1. The average molecular weight is 428 g/mol. The SMILES string of the molecule is CCOc1ccc(-c2nc(CC(=O)NCC(F)(F)CN)cs2)cc1.Cl.Cl. The third-order valence-electron chi connectivity index (χ3n) is 3.15. The Hall–Kier alpha value is -1.48. The van der Waals surface area contributed by atoms with Gasteiger partial charge in [-0.15, -0.1) is 36.2 Å². The molecular weight excluding hydrogens is 407 g/mol. The molecule has 1 heterocycles. The van der Waals surface area contributed by atoms with Gasteiger partial charge in [-0.05, 0) is 31.2 Å². The maximum atomic E-state index is 13.0. The quantitative estimate of drug-likeness (QED) is 0.677. The minimum atomic E-state index is -3.09. The van der Waals surface area contributed by atoms with E-state index in [0.717, 1.165) is 16.3 Å². The molecule has 10 heteroatoms. The van der Waals surface area contributed by atoms with Gasteiger partial charge in [0.25, 0.3) is 5.92 Å². The molecule has 0 aliphatic heterocycles. The summed E-state index contributed by atoms with van der Waals surface area (Å²) < 4.78 is 31.4. The summed E-state index contributed by atoms with van der Waals surface area (Å²) in [5.74, 6) is -2.82. The molecule has 0 aliphatic rings. The standard InChI is InChI=1S/C16H19F2N3O2S.2ClH/c1-2-23-13-5-3-11(4-6-13)15-21-12(8-24-15)7-14(22)20-10-16(17,18)9-19;;/h3-6,8H,2,7,9-10,19H2,1H3,(H,20,22);2*1H. The normalized spacial score (nSPS) is 10.5. The number of aromatic nitrogens is 1. The molecule has 26 heavy (non-hydrogen) atoms. The van der Waals surface area contributed by atoms with Crippen molar-refractivity contribution in [2.45, 2.75) is 19.3 Å². The van der Waals surface area contributed by atoms with E-state index in [9.17, 15) is 13.6 Å². The fourth-order valence-electron chi connectivity index (χ4n) is 1.91. The van der Waals surface area contributed by atoms with E-state index in [0.29, 0.717) is 12.3 Å². The first kappa shape index (κ1) is 24.5. The number of halogens is 4. The van der Waals surface area contributed by atoms with Crippen molar-refractivity contribution in [1.29, 1.82) is 0 Å². The number of carbonyl (C=O) groups excluding carboxylic acids is 1. The van der Waals surface area contributed by atoms with E-state index in [1.54, 1.807) is 5.38 Å². The van der Waals surface area contributed by atoms with Crippen LogP contribution in [0.3, 0.4) is 0 Å². The third kappa shape index (κ3) is 7.41. The van der Waals surface area contributed by atoms with Crippen molar-refractivity contribution in [3.8, 4) is 16.3 Å². The van der Waals surface area contributed by atoms with Gasteiger partial charge in [0.05, 0.1) is 31.8 Å². The molecule has 0 spiro atoms. The molecule has 5 nitrogen and oxygen atoms in total. The lowest BCUT2D eigenvalue weighted by Crippen LogP contribution is -2.42. The number of rotatable bonds is 8. The lowest BCUT2D eigenvalue weighted by Gasteiger charge is -2.14. The van der Waals surface area contributed by atoms with E-state index in [1.165, 1.54) is 11.3 Å². The topological polar surface area (TPSA) is 77.2 Å². The second-order valence-corrected chi connectivity index (χ2v) is 5.97. The summed E-state index contributed by atoms with van der Waals surface area (Å²) in [6.45, 7) is 0.943. The average Bonchev–Trinajstić information content (AvgIpc) is 3.02. The maximum Gasteiger partial charge on any atom is 0.277 e. The Kier molecular flexibility index (Phi) is 10.6. The molecule has 1 amide bonds. The van der Waals surface area contributed by atoms with Crippen LogP contribution >= 0.6 is 36.2 Å². The summed E-state index contributed by atoms with van der Waals surface area (Å²) in [5, 5.41) is 4.67. The fourth-order valence-corrected chi connectivity index (χ4v) is 2.73. The van der Waals surface area contributed by atoms with Crippen LogP contribution in [0.5, 0.6) is 5.75 Å². The summed E-state index contributed by atoms with van der Waals surface area (Å²) in [7, 11) is 0. The van der Waals surface area contributed by atoms with Gasteiger partial charge >= 0.3 is 0 Å². The molecule has 0 atom stereocenters. The van der Waals surface area contributed by atoms with Gasteiger partial charge < -0.3 is 15.8 Å². The van der Waals surface area contributed by atoms with E-state index in [4.69, 9.17) is 10.5 Å². The van der Waals surface area contributed by atoms with Gasteiger partial charge in [-0.25, -0.2) is 13.8 Å². The molecule has 2 rings (SSSR count). The van der Waals surface area contributed by atoms with Crippen LogP contribution in [0.25, 0.3) is 10.6 Å². The zero-order valence-electron chi connectivity index (χ0n) is 14.0. The first-order chi connectivity index (χ1) is 11.4.